The van der Waals surface area contributed by atoms with Gasteiger partial charge in [0.05, 0.1) is 12.3 Å². The van der Waals surface area contributed by atoms with Crippen molar-refractivity contribution in [3.05, 3.63) is 24.2 Å². The smallest absolute Gasteiger partial charge is 0.120 e. The van der Waals surface area contributed by atoms with Crippen LogP contribution in [0.25, 0.3) is 0 Å². The molecule has 0 aliphatic carbocycles. The first-order valence-corrected chi connectivity index (χ1v) is 4.94. The van der Waals surface area contributed by atoms with Gasteiger partial charge in [0.25, 0.3) is 0 Å². The highest BCUT2D eigenvalue weighted by atomic mass is 16.3. The van der Waals surface area contributed by atoms with E-state index in [1.165, 1.54) is 6.42 Å². The van der Waals surface area contributed by atoms with Crippen LogP contribution in [0, 0.1) is 5.92 Å². The summed E-state index contributed by atoms with van der Waals surface area (Å²) in [6.45, 7) is 4.49. The molecule has 1 unspecified atom stereocenters. The van der Waals surface area contributed by atoms with E-state index < -0.39 is 0 Å². The normalized spacial score (nSPS) is 13.5. The van der Waals surface area contributed by atoms with E-state index in [0.717, 1.165) is 18.1 Å². The van der Waals surface area contributed by atoms with E-state index >= 15 is 0 Å². The maximum Gasteiger partial charge on any atom is 0.120 e. The second-order valence-corrected chi connectivity index (χ2v) is 3.83. The van der Waals surface area contributed by atoms with Crippen LogP contribution in [0.1, 0.15) is 38.5 Å². The zero-order chi connectivity index (χ0) is 9.68. The van der Waals surface area contributed by atoms with Gasteiger partial charge < -0.3 is 9.73 Å². The molecule has 0 fully saturated rings. The van der Waals surface area contributed by atoms with Gasteiger partial charge in [0, 0.05) is 0 Å². The number of furan rings is 1. The maximum absolute atomic E-state index is 5.36. The average Bonchev–Trinajstić information content (AvgIpc) is 2.58. The van der Waals surface area contributed by atoms with E-state index in [9.17, 15) is 0 Å². The second kappa shape index (κ2) is 5.07. The number of rotatable bonds is 5. The van der Waals surface area contributed by atoms with Crippen molar-refractivity contribution in [2.75, 3.05) is 7.05 Å². The summed E-state index contributed by atoms with van der Waals surface area (Å²) in [5.74, 6) is 1.80. The molecule has 1 aromatic heterocycles. The van der Waals surface area contributed by atoms with Crippen LogP contribution in [-0.4, -0.2) is 7.05 Å². The third-order valence-corrected chi connectivity index (χ3v) is 2.27. The fourth-order valence-electron chi connectivity index (χ4n) is 1.42. The molecule has 0 saturated carbocycles. The molecule has 74 valence electrons. The standard InChI is InChI=1S/C11H19NO/c1-9(2)6-7-10(12-3)11-5-4-8-13-11/h4-5,8-10,12H,6-7H2,1-3H3. The lowest BCUT2D eigenvalue weighted by Crippen LogP contribution is -2.16. The zero-order valence-corrected chi connectivity index (χ0v) is 8.71. The fourth-order valence-corrected chi connectivity index (χ4v) is 1.42. The van der Waals surface area contributed by atoms with Crippen molar-refractivity contribution >= 4 is 0 Å². The third-order valence-electron chi connectivity index (χ3n) is 2.27. The molecule has 0 aromatic carbocycles. The summed E-state index contributed by atoms with van der Waals surface area (Å²) in [7, 11) is 1.98. The molecule has 0 bridgehead atoms. The van der Waals surface area contributed by atoms with Crippen molar-refractivity contribution in [2.45, 2.75) is 32.7 Å². The van der Waals surface area contributed by atoms with Crippen LogP contribution in [0.3, 0.4) is 0 Å². The van der Waals surface area contributed by atoms with E-state index in [1.54, 1.807) is 6.26 Å². The Hall–Kier alpha value is -0.760. The topological polar surface area (TPSA) is 25.2 Å². The molecule has 0 radical (unpaired) electrons. The maximum atomic E-state index is 5.36. The lowest BCUT2D eigenvalue weighted by molar-refractivity contribution is 0.388. The van der Waals surface area contributed by atoms with Crippen LogP contribution >= 0.6 is 0 Å². The van der Waals surface area contributed by atoms with Crippen LogP contribution in [0.2, 0.25) is 0 Å². The lowest BCUT2D eigenvalue weighted by Gasteiger charge is -2.14. The van der Waals surface area contributed by atoms with Crippen molar-refractivity contribution in [2.24, 2.45) is 5.92 Å². The van der Waals surface area contributed by atoms with Gasteiger partial charge >= 0.3 is 0 Å². The molecule has 1 rings (SSSR count). The Morgan fingerprint density at radius 1 is 1.38 bits per heavy atom. The van der Waals surface area contributed by atoms with Gasteiger partial charge in [0.2, 0.25) is 0 Å². The first-order chi connectivity index (χ1) is 6.24. The largest absolute Gasteiger partial charge is 0.468 e. The molecule has 1 N–H and O–H groups in total. The number of hydrogen-bond acceptors (Lipinski definition) is 2. The van der Waals surface area contributed by atoms with Crippen molar-refractivity contribution < 1.29 is 4.42 Å². The second-order valence-electron chi connectivity index (χ2n) is 3.83. The molecule has 2 heteroatoms. The highest BCUT2D eigenvalue weighted by Crippen LogP contribution is 2.20. The Morgan fingerprint density at radius 3 is 2.62 bits per heavy atom. The van der Waals surface area contributed by atoms with E-state index in [4.69, 9.17) is 4.42 Å². The van der Waals surface area contributed by atoms with Crippen molar-refractivity contribution in [3.8, 4) is 0 Å². The van der Waals surface area contributed by atoms with Crippen LogP contribution in [0.15, 0.2) is 22.8 Å². The van der Waals surface area contributed by atoms with Crippen LogP contribution in [0.4, 0.5) is 0 Å². The summed E-state index contributed by atoms with van der Waals surface area (Å²) in [6.07, 6.45) is 4.10. The molecular formula is C11H19NO. The number of nitrogens with one attached hydrogen (secondary N) is 1. The molecule has 1 atom stereocenters. The van der Waals surface area contributed by atoms with Gasteiger partial charge in [0.1, 0.15) is 5.76 Å². The minimum atomic E-state index is 0.373. The minimum absolute atomic E-state index is 0.373. The van der Waals surface area contributed by atoms with Gasteiger partial charge in [-0.15, -0.1) is 0 Å². The van der Waals surface area contributed by atoms with Gasteiger partial charge in [-0.1, -0.05) is 13.8 Å². The Morgan fingerprint density at radius 2 is 2.15 bits per heavy atom. The van der Waals surface area contributed by atoms with Crippen LogP contribution < -0.4 is 5.32 Å². The first-order valence-electron chi connectivity index (χ1n) is 4.94. The first kappa shape index (κ1) is 10.3. The van der Waals surface area contributed by atoms with Gasteiger partial charge in [-0.05, 0) is 37.9 Å². The van der Waals surface area contributed by atoms with Crippen LogP contribution in [-0.2, 0) is 0 Å². The number of hydrogen-bond donors (Lipinski definition) is 1. The summed E-state index contributed by atoms with van der Waals surface area (Å²) < 4.78 is 5.36. The zero-order valence-electron chi connectivity index (χ0n) is 8.71. The molecule has 0 saturated heterocycles. The van der Waals surface area contributed by atoms with Crippen LogP contribution in [0.5, 0.6) is 0 Å². The van der Waals surface area contributed by atoms with E-state index in [2.05, 4.69) is 19.2 Å². The molecule has 0 aliphatic heterocycles. The van der Waals surface area contributed by atoms with Crippen molar-refractivity contribution in [1.82, 2.24) is 5.32 Å². The average molecular weight is 181 g/mol. The molecule has 13 heavy (non-hydrogen) atoms. The van der Waals surface area contributed by atoms with Crippen molar-refractivity contribution in [1.29, 1.82) is 0 Å². The lowest BCUT2D eigenvalue weighted by atomic mass is 10.0. The Labute approximate surface area is 80.3 Å². The van der Waals surface area contributed by atoms with E-state index in [-0.39, 0.29) is 0 Å². The molecule has 2 nitrogen and oxygen atoms in total. The molecular weight excluding hydrogens is 162 g/mol. The SMILES string of the molecule is CNC(CCC(C)C)c1ccco1. The molecule has 1 aromatic rings. The Bertz CT molecular complexity index is 216. The van der Waals surface area contributed by atoms with E-state index in [0.29, 0.717) is 6.04 Å². The summed E-state index contributed by atoms with van der Waals surface area (Å²) in [6, 6.07) is 4.34. The van der Waals surface area contributed by atoms with Gasteiger partial charge in [-0.3, -0.25) is 0 Å². The molecule has 0 aliphatic rings. The summed E-state index contributed by atoms with van der Waals surface area (Å²) in [4.78, 5) is 0. The predicted molar refractivity (Wildman–Crippen MR) is 54.6 cm³/mol. The Balaban J connectivity index is 2.44. The molecule has 1 heterocycles. The van der Waals surface area contributed by atoms with Crippen molar-refractivity contribution in [3.63, 3.8) is 0 Å². The van der Waals surface area contributed by atoms with E-state index in [1.807, 2.05) is 19.2 Å². The highest BCUT2D eigenvalue weighted by Gasteiger charge is 2.11. The third kappa shape index (κ3) is 3.23. The summed E-state index contributed by atoms with van der Waals surface area (Å²) in [5.41, 5.74) is 0. The summed E-state index contributed by atoms with van der Waals surface area (Å²) >= 11 is 0. The quantitative estimate of drug-likeness (QED) is 0.755. The van der Waals surface area contributed by atoms with Gasteiger partial charge in [-0.2, -0.15) is 0 Å². The van der Waals surface area contributed by atoms with Gasteiger partial charge in [-0.25, -0.2) is 0 Å². The molecule has 0 amide bonds. The fraction of sp³-hybridized carbons (Fsp3) is 0.636. The molecule has 0 spiro atoms. The predicted octanol–water partition coefficient (Wildman–Crippen LogP) is 2.98. The monoisotopic (exact) mass is 181 g/mol. The van der Waals surface area contributed by atoms with Gasteiger partial charge in [0.15, 0.2) is 0 Å². The Kier molecular flexibility index (Phi) is 4.03. The highest BCUT2D eigenvalue weighted by molar-refractivity contribution is 5.03. The minimum Gasteiger partial charge on any atom is -0.468 e. The summed E-state index contributed by atoms with van der Waals surface area (Å²) in [5, 5.41) is 3.27.